The number of aliphatic hydroxyl groups is 1. The van der Waals surface area contributed by atoms with Crippen molar-refractivity contribution in [3.05, 3.63) is 29.3 Å². The van der Waals surface area contributed by atoms with Crippen molar-refractivity contribution in [1.29, 1.82) is 0 Å². The topological polar surface area (TPSA) is 75.3 Å². The van der Waals surface area contributed by atoms with Crippen LogP contribution in [-0.2, 0) is 5.60 Å². The van der Waals surface area contributed by atoms with Crippen LogP contribution in [0.4, 0.5) is 5.69 Å². The third kappa shape index (κ3) is 5.24. The quantitative estimate of drug-likeness (QED) is 0.743. The Balaban J connectivity index is 1.94. The molecule has 128 valence electrons. The Bertz CT molecular complexity index is 527. The number of anilines is 1. The van der Waals surface area contributed by atoms with Gasteiger partial charge in [0.1, 0.15) is 0 Å². The summed E-state index contributed by atoms with van der Waals surface area (Å²) in [5, 5.41) is 13.1. The predicted molar refractivity (Wildman–Crippen MR) is 94.2 cm³/mol. The predicted octanol–water partition coefficient (Wildman–Crippen LogP) is 3.59. The van der Waals surface area contributed by atoms with Crippen LogP contribution in [-0.4, -0.2) is 17.6 Å². The first-order valence-corrected chi connectivity index (χ1v) is 8.78. The monoisotopic (exact) mass is 318 g/mol. The first kappa shape index (κ1) is 17.8. The molecule has 1 aliphatic carbocycles. The fraction of sp³-hybridized carbons (Fsp3) is 0.632. The number of benzene rings is 1. The SMILES string of the molecule is CC(C)(O)c1ccc(C(=O)NCC2CCCCCCC2)cc1N. The van der Waals surface area contributed by atoms with Crippen molar-refractivity contribution in [2.45, 2.75) is 64.4 Å². The van der Waals surface area contributed by atoms with Crippen molar-refractivity contribution in [3.63, 3.8) is 0 Å². The molecule has 1 aromatic rings. The van der Waals surface area contributed by atoms with Crippen LogP contribution >= 0.6 is 0 Å². The van der Waals surface area contributed by atoms with Gasteiger partial charge in [0, 0.05) is 23.4 Å². The number of hydrogen-bond acceptors (Lipinski definition) is 3. The van der Waals surface area contributed by atoms with Gasteiger partial charge in [0.05, 0.1) is 5.60 Å². The van der Waals surface area contributed by atoms with E-state index in [0.717, 1.165) is 6.54 Å². The Hall–Kier alpha value is -1.55. The molecule has 2 rings (SSSR count). The molecule has 0 spiro atoms. The van der Waals surface area contributed by atoms with Crippen LogP contribution in [0.5, 0.6) is 0 Å². The van der Waals surface area contributed by atoms with E-state index >= 15 is 0 Å². The van der Waals surface area contributed by atoms with Gasteiger partial charge in [0.2, 0.25) is 0 Å². The highest BCUT2D eigenvalue weighted by Gasteiger charge is 2.20. The van der Waals surface area contributed by atoms with Crippen molar-refractivity contribution >= 4 is 11.6 Å². The van der Waals surface area contributed by atoms with Crippen molar-refractivity contribution in [3.8, 4) is 0 Å². The van der Waals surface area contributed by atoms with Crippen LogP contribution in [0, 0.1) is 5.92 Å². The molecular weight excluding hydrogens is 288 g/mol. The standard InChI is InChI=1S/C19H30N2O2/c1-19(2,23)16-11-10-15(12-17(16)20)18(22)21-13-14-8-6-4-3-5-7-9-14/h10-12,14,23H,3-9,13,20H2,1-2H3,(H,21,22). The minimum atomic E-state index is -1.00. The van der Waals surface area contributed by atoms with E-state index in [0.29, 0.717) is 22.7 Å². The third-order valence-electron chi connectivity index (χ3n) is 4.75. The Morgan fingerprint density at radius 2 is 1.83 bits per heavy atom. The van der Waals surface area contributed by atoms with Crippen molar-refractivity contribution in [2.75, 3.05) is 12.3 Å². The second kappa shape index (κ2) is 7.82. The molecule has 0 unspecified atom stereocenters. The van der Waals surface area contributed by atoms with Crippen molar-refractivity contribution in [1.82, 2.24) is 5.32 Å². The number of nitrogens with two attached hydrogens (primary N) is 1. The van der Waals surface area contributed by atoms with E-state index in [1.165, 1.54) is 44.9 Å². The molecule has 4 nitrogen and oxygen atoms in total. The van der Waals surface area contributed by atoms with Crippen LogP contribution in [0.1, 0.15) is 74.7 Å². The van der Waals surface area contributed by atoms with Gasteiger partial charge in [-0.1, -0.05) is 38.2 Å². The molecule has 1 aromatic carbocycles. The van der Waals surface area contributed by atoms with E-state index in [-0.39, 0.29) is 5.91 Å². The maximum Gasteiger partial charge on any atom is 0.251 e. The summed E-state index contributed by atoms with van der Waals surface area (Å²) in [6.45, 7) is 4.12. The molecule has 1 aliphatic rings. The van der Waals surface area contributed by atoms with E-state index in [4.69, 9.17) is 5.73 Å². The Labute approximate surface area is 139 Å². The molecule has 1 saturated carbocycles. The Morgan fingerprint density at radius 1 is 1.22 bits per heavy atom. The number of carbonyl (C=O) groups is 1. The van der Waals surface area contributed by atoms with Gasteiger partial charge in [0.25, 0.3) is 5.91 Å². The molecule has 23 heavy (non-hydrogen) atoms. The molecule has 0 saturated heterocycles. The van der Waals surface area contributed by atoms with Crippen LogP contribution in [0.15, 0.2) is 18.2 Å². The first-order chi connectivity index (χ1) is 10.9. The molecular formula is C19H30N2O2. The third-order valence-corrected chi connectivity index (χ3v) is 4.75. The normalized spacial score (nSPS) is 17.3. The second-order valence-electron chi connectivity index (χ2n) is 7.28. The fourth-order valence-corrected chi connectivity index (χ4v) is 3.35. The molecule has 1 fully saturated rings. The lowest BCUT2D eigenvalue weighted by molar-refractivity contribution is 0.0792. The second-order valence-corrected chi connectivity index (χ2v) is 7.28. The number of carbonyl (C=O) groups excluding carboxylic acids is 1. The summed E-state index contributed by atoms with van der Waals surface area (Å²) in [7, 11) is 0. The number of amides is 1. The first-order valence-electron chi connectivity index (χ1n) is 8.78. The molecule has 1 amide bonds. The van der Waals surface area contributed by atoms with E-state index in [2.05, 4.69) is 5.32 Å². The van der Waals surface area contributed by atoms with Crippen LogP contribution in [0.3, 0.4) is 0 Å². The maximum atomic E-state index is 12.3. The lowest BCUT2D eigenvalue weighted by atomic mass is 9.91. The van der Waals surface area contributed by atoms with Gasteiger partial charge < -0.3 is 16.2 Å². The molecule has 0 radical (unpaired) electrons. The van der Waals surface area contributed by atoms with E-state index in [9.17, 15) is 9.90 Å². The van der Waals surface area contributed by atoms with Crippen molar-refractivity contribution in [2.24, 2.45) is 5.92 Å². The number of rotatable bonds is 4. The van der Waals surface area contributed by atoms with Gasteiger partial charge >= 0.3 is 0 Å². The van der Waals surface area contributed by atoms with Gasteiger partial charge in [-0.25, -0.2) is 0 Å². The minimum Gasteiger partial charge on any atom is -0.398 e. The number of nitrogens with one attached hydrogen (secondary N) is 1. The molecule has 4 N–H and O–H groups in total. The van der Waals surface area contributed by atoms with Gasteiger partial charge in [0.15, 0.2) is 0 Å². The lowest BCUT2D eigenvalue weighted by Gasteiger charge is -2.21. The van der Waals surface area contributed by atoms with Gasteiger partial charge in [-0.2, -0.15) is 0 Å². The largest absolute Gasteiger partial charge is 0.398 e. The summed E-state index contributed by atoms with van der Waals surface area (Å²) in [6, 6.07) is 5.12. The van der Waals surface area contributed by atoms with Gasteiger partial charge in [-0.05, 0) is 44.7 Å². The number of nitrogen functional groups attached to an aromatic ring is 1. The highest BCUT2D eigenvalue weighted by atomic mass is 16.3. The smallest absolute Gasteiger partial charge is 0.251 e. The zero-order chi connectivity index (χ0) is 16.9. The highest BCUT2D eigenvalue weighted by molar-refractivity contribution is 5.95. The molecule has 4 heteroatoms. The minimum absolute atomic E-state index is 0.0824. The van der Waals surface area contributed by atoms with Gasteiger partial charge in [-0.3, -0.25) is 4.79 Å². The summed E-state index contributed by atoms with van der Waals surface area (Å²) in [5.41, 5.74) is 6.64. The van der Waals surface area contributed by atoms with Gasteiger partial charge in [-0.15, -0.1) is 0 Å². The summed E-state index contributed by atoms with van der Waals surface area (Å²) in [4.78, 5) is 12.3. The van der Waals surface area contributed by atoms with Crippen molar-refractivity contribution < 1.29 is 9.90 Å². The Morgan fingerprint density at radius 3 is 2.39 bits per heavy atom. The van der Waals surface area contributed by atoms with Crippen LogP contribution in [0.25, 0.3) is 0 Å². The van der Waals surface area contributed by atoms with Crippen LogP contribution in [0.2, 0.25) is 0 Å². The fourth-order valence-electron chi connectivity index (χ4n) is 3.35. The summed E-state index contributed by atoms with van der Waals surface area (Å²) < 4.78 is 0. The Kier molecular flexibility index (Phi) is 6.05. The maximum absolute atomic E-state index is 12.3. The van der Waals surface area contributed by atoms with E-state index in [1.807, 2.05) is 0 Å². The molecule has 0 bridgehead atoms. The van der Waals surface area contributed by atoms with E-state index in [1.54, 1.807) is 32.0 Å². The number of hydrogen-bond donors (Lipinski definition) is 3. The average molecular weight is 318 g/mol. The molecule has 0 heterocycles. The van der Waals surface area contributed by atoms with Crippen LogP contribution < -0.4 is 11.1 Å². The highest BCUT2D eigenvalue weighted by Crippen LogP contribution is 2.26. The zero-order valence-electron chi connectivity index (χ0n) is 14.4. The molecule has 0 aliphatic heterocycles. The lowest BCUT2D eigenvalue weighted by Crippen LogP contribution is -2.30. The summed E-state index contributed by atoms with van der Waals surface area (Å²) in [6.07, 6.45) is 8.95. The van der Waals surface area contributed by atoms with E-state index < -0.39 is 5.60 Å². The zero-order valence-corrected chi connectivity index (χ0v) is 14.4. The summed E-state index contributed by atoms with van der Waals surface area (Å²) in [5.74, 6) is 0.508. The average Bonchev–Trinajstić information content (AvgIpc) is 2.44. The molecule has 0 aromatic heterocycles. The summed E-state index contributed by atoms with van der Waals surface area (Å²) >= 11 is 0. The molecule has 0 atom stereocenters.